The lowest BCUT2D eigenvalue weighted by Crippen LogP contribution is -1.89. The Morgan fingerprint density at radius 1 is 1.35 bits per heavy atom. The van der Waals surface area contributed by atoms with Gasteiger partial charge < -0.3 is 9.15 Å². The number of benzene rings is 1. The minimum atomic E-state index is -0.584. The van der Waals surface area contributed by atoms with Crippen molar-refractivity contribution in [3.63, 3.8) is 0 Å². The van der Waals surface area contributed by atoms with Crippen LogP contribution in [0.3, 0.4) is 0 Å². The Kier molecular flexibility index (Phi) is 2.78. The molecule has 17 heavy (non-hydrogen) atoms. The molecule has 6 nitrogen and oxygen atoms in total. The van der Waals surface area contributed by atoms with Crippen molar-refractivity contribution in [3.05, 3.63) is 40.3 Å². The predicted molar refractivity (Wildman–Crippen MR) is 59.9 cm³/mol. The Morgan fingerprint density at radius 3 is 2.53 bits per heavy atom. The number of oxazole rings is 1. The molecular formula is C11H10N2O4. The molecule has 0 unspecified atom stereocenters. The van der Waals surface area contributed by atoms with Crippen molar-refractivity contribution in [2.45, 2.75) is 6.92 Å². The molecule has 0 N–H and O–H groups in total. The molecule has 1 heterocycles. The van der Waals surface area contributed by atoms with E-state index in [9.17, 15) is 10.1 Å². The average Bonchev–Trinajstić information content (AvgIpc) is 2.72. The molecule has 1 aromatic heterocycles. The van der Waals surface area contributed by atoms with Gasteiger partial charge in [-0.3, -0.25) is 10.1 Å². The molecule has 2 rings (SSSR count). The van der Waals surface area contributed by atoms with E-state index in [2.05, 4.69) is 4.98 Å². The average molecular weight is 234 g/mol. The highest BCUT2D eigenvalue weighted by atomic mass is 16.6. The molecule has 0 amide bonds. The fourth-order valence-corrected chi connectivity index (χ4v) is 1.48. The van der Waals surface area contributed by atoms with E-state index in [4.69, 9.17) is 9.15 Å². The van der Waals surface area contributed by atoms with Crippen LogP contribution >= 0.6 is 0 Å². The van der Waals surface area contributed by atoms with E-state index in [1.54, 1.807) is 38.3 Å². The molecule has 0 atom stereocenters. The second-order valence-electron chi connectivity index (χ2n) is 3.37. The van der Waals surface area contributed by atoms with Gasteiger partial charge in [0.05, 0.1) is 7.11 Å². The van der Waals surface area contributed by atoms with Gasteiger partial charge in [-0.15, -0.1) is 0 Å². The summed E-state index contributed by atoms with van der Waals surface area (Å²) >= 11 is 0. The van der Waals surface area contributed by atoms with Crippen molar-refractivity contribution in [1.29, 1.82) is 0 Å². The van der Waals surface area contributed by atoms with Crippen molar-refractivity contribution in [2.75, 3.05) is 7.11 Å². The van der Waals surface area contributed by atoms with E-state index in [1.807, 2.05) is 0 Å². The lowest BCUT2D eigenvalue weighted by Gasteiger charge is -1.99. The lowest BCUT2D eigenvalue weighted by molar-refractivity contribution is -0.401. The maximum absolute atomic E-state index is 10.8. The SMILES string of the molecule is COc1ccc(-c2nc(C)oc2[N+](=O)[O-])cc1. The second kappa shape index (κ2) is 4.25. The minimum Gasteiger partial charge on any atom is -0.497 e. The number of nitro groups is 1. The summed E-state index contributed by atoms with van der Waals surface area (Å²) in [7, 11) is 1.55. The van der Waals surface area contributed by atoms with Gasteiger partial charge in [0.1, 0.15) is 10.7 Å². The number of methoxy groups -OCH3 is 1. The molecule has 0 saturated carbocycles. The zero-order chi connectivity index (χ0) is 12.4. The first kappa shape index (κ1) is 11.1. The smallest absolute Gasteiger partial charge is 0.461 e. The zero-order valence-corrected chi connectivity index (χ0v) is 9.34. The maximum Gasteiger partial charge on any atom is 0.461 e. The van der Waals surface area contributed by atoms with E-state index >= 15 is 0 Å². The fraction of sp³-hybridized carbons (Fsp3) is 0.182. The molecule has 0 aliphatic carbocycles. The third-order valence-corrected chi connectivity index (χ3v) is 2.25. The number of rotatable bonds is 3. The summed E-state index contributed by atoms with van der Waals surface area (Å²) in [5, 5.41) is 10.8. The van der Waals surface area contributed by atoms with Gasteiger partial charge in [-0.05, 0) is 24.3 Å². The number of hydrogen-bond acceptors (Lipinski definition) is 5. The maximum atomic E-state index is 10.8. The molecule has 0 bridgehead atoms. The first-order chi connectivity index (χ1) is 8.11. The predicted octanol–water partition coefficient (Wildman–Crippen LogP) is 2.57. The molecule has 0 fully saturated rings. The molecule has 2 aromatic rings. The number of aromatic nitrogens is 1. The standard InChI is InChI=1S/C11H10N2O4/c1-7-12-10(11(17-7)13(14)15)8-3-5-9(16-2)6-4-8/h3-6H,1-2H3. The Hall–Kier alpha value is -2.37. The van der Waals surface area contributed by atoms with Gasteiger partial charge in [0.2, 0.25) is 0 Å². The highest BCUT2D eigenvalue weighted by molar-refractivity contribution is 5.66. The van der Waals surface area contributed by atoms with Crippen molar-refractivity contribution < 1.29 is 14.1 Å². The zero-order valence-electron chi connectivity index (χ0n) is 9.34. The molecular weight excluding hydrogens is 224 g/mol. The summed E-state index contributed by atoms with van der Waals surface area (Å²) in [5.41, 5.74) is 0.851. The van der Waals surface area contributed by atoms with Crippen LogP contribution in [0.2, 0.25) is 0 Å². The lowest BCUT2D eigenvalue weighted by atomic mass is 10.1. The highest BCUT2D eigenvalue weighted by Gasteiger charge is 2.23. The highest BCUT2D eigenvalue weighted by Crippen LogP contribution is 2.30. The van der Waals surface area contributed by atoms with Crippen molar-refractivity contribution in [1.82, 2.24) is 4.98 Å². The van der Waals surface area contributed by atoms with Crippen molar-refractivity contribution >= 4 is 5.88 Å². The van der Waals surface area contributed by atoms with Gasteiger partial charge in [0.25, 0.3) is 0 Å². The molecule has 1 aromatic carbocycles. The fourth-order valence-electron chi connectivity index (χ4n) is 1.48. The molecule has 0 spiro atoms. The molecule has 0 aliphatic heterocycles. The van der Waals surface area contributed by atoms with Crippen LogP contribution in [0, 0.1) is 17.0 Å². The molecule has 0 saturated heterocycles. The first-order valence-corrected chi connectivity index (χ1v) is 4.88. The van der Waals surface area contributed by atoms with Gasteiger partial charge in [-0.2, -0.15) is 0 Å². The van der Waals surface area contributed by atoms with Gasteiger partial charge >= 0.3 is 5.88 Å². The van der Waals surface area contributed by atoms with E-state index in [1.165, 1.54) is 0 Å². The summed E-state index contributed by atoms with van der Waals surface area (Å²) in [6.45, 7) is 1.57. The van der Waals surface area contributed by atoms with Crippen LogP contribution in [-0.4, -0.2) is 17.0 Å². The summed E-state index contributed by atoms with van der Waals surface area (Å²) in [6.07, 6.45) is 0. The van der Waals surface area contributed by atoms with Crippen LogP contribution in [0.25, 0.3) is 11.3 Å². The monoisotopic (exact) mass is 234 g/mol. The Balaban J connectivity index is 2.48. The van der Waals surface area contributed by atoms with E-state index in [-0.39, 0.29) is 17.5 Å². The van der Waals surface area contributed by atoms with Crippen LogP contribution in [0.5, 0.6) is 5.75 Å². The van der Waals surface area contributed by atoms with Crippen molar-refractivity contribution in [2.24, 2.45) is 0 Å². The molecule has 88 valence electrons. The summed E-state index contributed by atoms with van der Waals surface area (Å²) in [6, 6.07) is 6.82. The van der Waals surface area contributed by atoms with E-state index in [0.717, 1.165) is 0 Å². The van der Waals surface area contributed by atoms with Crippen LogP contribution in [-0.2, 0) is 0 Å². The Morgan fingerprint density at radius 2 is 2.00 bits per heavy atom. The normalized spacial score (nSPS) is 10.2. The number of nitrogens with zero attached hydrogens (tertiary/aromatic N) is 2. The second-order valence-corrected chi connectivity index (χ2v) is 3.37. The van der Waals surface area contributed by atoms with E-state index in [0.29, 0.717) is 11.3 Å². The van der Waals surface area contributed by atoms with Crippen molar-refractivity contribution in [3.8, 4) is 17.0 Å². The quantitative estimate of drug-likeness (QED) is 0.602. The third kappa shape index (κ3) is 2.10. The first-order valence-electron chi connectivity index (χ1n) is 4.88. The van der Waals surface area contributed by atoms with Crippen LogP contribution < -0.4 is 4.74 Å². The molecule has 0 radical (unpaired) electrons. The van der Waals surface area contributed by atoms with Crippen LogP contribution in [0.15, 0.2) is 28.7 Å². The van der Waals surface area contributed by atoms with Gasteiger partial charge in [0, 0.05) is 12.5 Å². The van der Waals surface area contributed by atoms with Gasteiger partial charge in [-0.1, -0.05) is 0 Å². The minimum absolute atomic E-state index is 0.232. The summed E-state index contributed by atoms with van der Waals surface area (Å²) in [4.78, 5) is 14.2. The van der Waals surface area contributed by atoms with Gasteiger partial charge in [-0.25, -0.2) is 4.98 Å². The topological polar surface area (TPSA) is 78.4 Å². The largest absolute Gasteiger partial charge is 0.497 e. The summed E-state index contributed by atoms with van der Waals surface area (Å²) in [5.74, 6) is 0.604. The van der Waals surface area contributed by atoms with Crippen LogP contribution in [0.4, 0.5) is 5.88 Å². The molecule has 0 aliphatic rings. The number of ether oxygens (including phenoxy) is 1. The van der Waals surface area contributed by atoms with Crippen LogP contribution in [0.1, 0.15) is 5.89 Å². The Labute approximate surface area is 97.0 Å². The Bertz CT molecular complexity index is 545. The number of hydrogen-bond donors (Lipinski definition) is 0. The molecule has 6 heteroatoms. The van der Waals surface area contributed by atoms with E-state index < -0.39 is 4.92 Å². The summed E-state index contributed by atoms with van der Waals surface area (Å²) < 4.78 is 9.96. The third-order valence-electron chi connectivity index (χ3n) is 2.25. The number of aryl methyl sites for hydroxylation is 1. The van der Waals surface area contributed by atoms with Gasteiger partial charge in [0.15, 0.2) is 11.6 Å².